The SMILES string of the molecule is Fc1cccc(-c2cnc3n2C[C@]2(CCN(Cc4ccc5c(c4)OCO5)C2)OC3)c1. The van der Waals surface area contributed by atoms with Crippen LogP contribution in [0.2, 0.25) is 0 Å². The fourth-order valence-electron chi connectivity index (χ4n) is 4.74. The molecule has 154 valence electrons. The second-order valence-electron chi connectivity index (χ2n) is 8.28. The molecule has 3 aliphatic rings. The summed E-state index contributed by atoms with van der Waals surface area (Å²) in [6.07, 6.45) is 2.78. The summed E-state index contributed by atoms with van der Waals surface area (Å²) in [5.41, 5.74) is 2.75. The Morgan fingerprint density at radius 1 is 1.07 bits per heavy atom. The van der Waals surface area contributed by atoms with E-state index in [4.69, 9.17) is 14.2 Å². The molecule has 2 aromatic carbocycles. The Morgan fingerprint density at radius 2 is 2.00 bits per heavy atom. The highest BCUT2D eigenvalue weighted by atomic mass is 19.1. The molecule has 1 saturated heterocycles. The van der Waals surface area contributed by atoms with Crippen molar-refractivity contribution in [2.24, 2.45) is 0 Å². The summed E-state index contributed by atoms with van der Waals surface area (Å²) in [7, 11) is 0. The average Bonchev–Trinajstić information content (AvgIpc) is 3.47. The van der Waals surface area contributed by atoms with Crippen molar-refractivity contribution in [1.82, 2.24) is 14.5 Å². The Hall–Kier alpha value is -2.90. The quantitative estimate of drug-likeness (QED) is 0.664. The van der Waals surface area contributed by atoms with Gasteiger partial charge in [0.05, 0.1) is 18.4 Å². The lowest BCUT2D eigenvalue weighted by molar-refractivity contribution is -0.0821. The van der Waals surface area contributed by atoms with Crippen LogP contribution < -0.4 is 9.47 Å². The number of likely N-dealkylation sites (tertiary alicyclic amines) is 1. The van der Waals surface area contributed by atoms with Gasteiger partial charge in [-0.05, 0) is 36.2 Å². The maximum atomic E-state index is 13.7. The highest BCUT2D eigenvalue weighted by Gasteiger charge is 2.43. The zero-order valence-electron chi connectivity index (χ0n) is 16.5. The minimum atomic E-state index is -0.244. The zero-order valence-corrected chi connectivity index (χ0v) is 16.5. The fraction of sp³-hybridized carbons (Fsp3) is 0.348. The van der Waals surface area contributed by atoms with Gasteiger partial charge in [-0.3, -0.25) is 4.90 Å². The molecular formula is C23H22FN3O3. The summed E-state index contributed by atoms with van der Waals surface area (Å²) < 4.78 is 33.2. The first kappa shape index (κ1) is 17.9. The summed E-state index contributed by atoms with van der Waals surface area (Å²) >= 11 is 0. The van der Waals surface area contributed by atoms with Crippen LogP contribution in [0.15, 0.2) is 48.7 Å². The molecule has 0 unspecified atom stereocenters. The number of fused-ring (bicyclic) bond motifs is 2. The van der Waals surface area contributed by atoms with Gasteiger partial charge < -0.3 is 18.8 Å². The van der Waals surface area contributed by atoms with E-state index in [0.29, 0.717) is 13.4 Å². The molecule has 6 nitrogen and oxygen atoms in total. The lowest BCUT2D eigenvalue weighted by Gasteiger charge is -2.35. The van der Waals surface area contributed by atoms with Gasteiger partial charge in [-0.1, -0.05) is 18.2 Å². The van der Waals surface area contributed by atoms with Crippen molar-refractivity contribution in [1.29, 1.82) is 0 Å². The van der Waals surface area contributed by atoms with Crippen LogP contribution in [-0.2, 0) is 24.4 Å². The molecule has 1 atom stereocenters. The molecule has 0 bridgehead atoms. The lowest BCUT2D eigenvalue weighted by Crippen LogP contribution is -2.44. The molecule has 3 aliphatic heterocycles. The monoisotopic (exact) mass is 407 g/mol. The van der Waals surface area contributed by atoms with Gasteiger partial charge in [0, 0.05) is 25.2 Å². The van der Waals surface area contributed by atoms with Crippen LogP contribution in [0.5, 0.6) is 11.5 Å². The highest BCUT2D eigenvalue weighted by Crippen LogP contribution is 2.37. The van der Waals surface area contributed by atoms with Crippen LogP contribution in [0.3, 0.4) is 0 Å². The van der Waals surface area contributed by atoms with Crippen LogP contribution in [-0.4, -0.2) is 39.9 Å². The third-order valence-corrected chi connectivity index (χ3v) is 6.25. The Balaban J connectivity index is 1.21. The third kappa shape index (κ3) is 3.05. The Kier molecular flexibility index (Phi) is 4.07. The van der Waals surface area contributed by atoms with Crippen molar-refractivity contribution in [2.45, 2.75) is 31.7 Å². The molecule has 0 amide bonds. The van der Waals surface area contributed by atoms with E-state index >= 15 is 0 Å². The number of hydrogen-bond donors (Lipinski definition) is 0. The smallest absolute Gasteiger partial charge is 0.231 e. The van der Waals surface area contributed by atoms with Gasteiger partial charge in [-0.2, -0.15) is 0 Å². The molecule has 1 spiro atoms. The number of hydrogen-bond acceptors (Lipinski definition) is 5. The molecule has 30 heavy (non-hydrogen) atoms. The predicted molar refractivity (Wildman–Crippen MR) is 108 cm³/mol. The van der Waals surface area contributed by atoms with Crippen molar-refractivity contribution < 1.29 is 18.6 Å². The molecule has 0 N–H and O–H groups in total. The molecule has 0 saturated carbocycles. The lowest BCUT2D eigenvalue weighted by atomic mass is 10.0. The Bertz CT molecular complexity index is 1110. The molecule has 4 heterocycles. The van der Waals surface area contributed by atoms with Gasteiger partial charge in [0.25, 0.3) is 0 Å². The van der Waals surface area contributed by atoms with E-state index in [0.717, 1.165) is 61.2 Å². The minimum Gasteiger partial charge on any atom is -0.454 e. The van der Waals surface area contributed by atoms with Crippen molar-refractivity contribution in [3.63, 3.8) is 0 Å². The van der Waals surface area contributed by atoms with E-state index in [9.17, 15) is 4.39 Å². The third-order valence-electron chi connectivity index (χ3n) is 6.25. The summed E-state index contributed by atoms with van der Waals surface area (Å²) in [5.74, 6) is 2.29. The number of imidazole rings is 1. The second kappa shape index (κ2) is 6.82. The number of ether oxygens (including phenoxy) is 3. The Morgan fingerprint density at radius 3 is 2.93 bits per heavy atom. The fourth-order valence-corrected chi connectivity index (χ4v) is 4.74. The first-order valence-electron chi connectivity index (χ1n) is 10.2. The van der Waals surface area contributed by atoms with Gasteiger partial charge in [-0.25, -0.2) is 9.37 Å². The van der Waals surface area contributed by atoms with E-state index < -0.39 is 0 Å². The largest absolute Gasteiger partial charge is 0.454 e. The number of rotatable bonds is 3. The first-order chi connectivity index (χ1) is 14.7. The molecule has 1 aromatic heterocycles. The summed E-state index contributed by atoms with van der Waals surface area (Å²) in [5, 5.41) is 0. The van der Waals surface area contributed by atoms with Gasteiger partial charge in [0.1, 0.15) is 23.8 Å². The van der Waals surface area contributed by atoms with Gasteiger partial charge in [0.2, 0.25) is 6.79 Å². The minimum absolute atomic E-state index is 0.236. The normalized spacial score (nSPS) is 22.6. The van der Waals surface area contributed by atoms with Gasteiger partial charge >= 0.3 is 0 Å². The van der Waals surface area contributed by atoms with Crippen molar-refractivity contribution >= 4 is 0 Å². The van der Waals surface area contributed by atoms with Crippen LogP contribution in [0.4, 0.5) is 4.39 Å². The predicted octanol–water partition coefficient (Wildman–Crippen LogP) is 3.59. The van der Waals surface area contributed by atoms with E-state index in [-0.39, 0.29) is 11.4 Å². The molecule has 0 aliphatic carbocycles. The van der Waals surface area contributed by atoms with E-state index in [1.807, 2.05) is 18.3 Å². The van der Waals surface area contributed by atoms with Crippen molar-refractivity contribution in [2.75, 3.05) is 19.9 Å². The molecule has 7 heteroatoms. The van der Waals surface area contributed by atoms with Crippen LogP contribution in [0.25, 0.3) is 11.3 Å². The van der Waals surface area contributed by atoms with Crippen LogP contribution in [0.1, 0.15) is 17.8 Å². The highest BCUT2D eigenvalue weighted by molar-refractivity contribution is 5.59. The maximum Gasteiger partial charge on any atom is 0.231 e. The Labute approximate surface area is 173 Å². The first-order valence-corrected chi connectivity index (χ1v) is 10.2. The van der Waals surface area contributed by atoms with E-state index in [1.54, 1.807) is 12.1 Å². The van der Waals surface area contributed by atoms with Gasteiger partial charge in [-0.15, -0.1) is 0 Å². The van der Waals surface area contributed by atoms with E-state index in [2.05, 4.69) is 26.6 Å². The zero-order chi connectivity index (χ0) is 20.1. The molecular weight excluding hydrogens is 385 g/mol. The van der Waals surface area contributed by atoms with E-state index in [1.165, 1.54) is 11.6 Å². The number of halogens is 1. The summed E-state index contributed by atoms with van der Waals surface area (Å²) in [4.78, 5) is 6.93. The average molecular weight is 407 g/mol. The van der Waals surface area contributed by atoms with Crippen LogP contribution in [0, 0.1) is 5.82 Å². The van der Waals surface area contributed by atoms with Crippen molar-refractivity contribution in [3.8, 4) is 22.8 Å². The number of benzene rings is 2. The summed E-state index contributed by atoms with van der Waals surface area (Å²) in [6.45, 7) is 4.16. The second-order valence-corrected chi connectivity index (χ2v) is 8.28. The topological polar surface area (TPSA) is 48.8 Å². The number of nitrogens with zero attached hydrogens (tertiary/aromatic N) is 3. The molecule has 0 radical (unpaired) electrons. The van der Waals surface area contributed by atoms with Crippen molar-refractivity contribution in [3.05, 3.63) is 65.9 Å². The molecule has 6 rings (SSSR count). The molecule has 3 aromatic rings. The van der Waals surface area contributed by atoms with Gasteiger partial charge in [0.15, 0.2) is 11.5 Å². The summed E-state index contributed by atoms with van der Waals surface area (Å²) in [6, 6.07) is 12.8. The van der Waals surface area contributed by atoms with Crippen LogP contribution >= 0.6 is 0 Å². The maximum absolute atomic E-state index is 13.7. The number of aromatic nitrogens is 2. The standard InChI is InChI=1S/C23H22FN3O3/c24-18-3-1-2-17(9-18)19-10-25-22-12-30-23(14-27(19)22)6-7-26(13-23)11-16-4-5-20-21(8-16)29-15-28-20/h1-5,8-10H,6-7,11-15H2/t23-/m1/s1. The molecule has 1 fully saturated rings.